The second kappa shape index (κ2) is 9.80. The van der Waals surface area contributed by atoms with Gasteiger partial charge in [0.2, 0.25) is 5.91 Å². The predicted molar refractivity (Wildman–Crippen MR) is 104 cm³/mol. The van der Waals surface area contributed by atoms with Crippen molar-refractivity contribution in [3.05, 3.63) is 53.0 Å². The lowest BCUT2D eigenvalue weighted by Gasteiger charge is -2.10. The molecular weight excluding hydrogens is 360 g/mol. The first-order chi connectivity index (χ1) is 13.7. The average Bonchev–Trinajstić information content (AvgIpc) is 3.23. The standard InChI is InChI=1S/C20H24N4O4/c1-2-10-27-15-6-3-5-14(12-15)19-22-20(26)17(23-24-19)8-9-18(25)21-13-16-7-4-11-28-16/h2-3,5-6,12,16H,1,4,7-11,13H2,(H,21,25)(H,22,24,26)/t16-/m0/s1. The van der Waals surface area contributed by atoms with E-state index in [0.29, 0.717) is 30.3 Å². The molecule has 1 atom stereocenters. The van der Waals surface area contributed by atoms with Gasteiger partial charge in [-0.15, -0.1) is 10.2 Å². The normalized spacial score (nSPS) is 15.9. The highest BCUT2D eigenvalue weighted by molar-refractivity contribution is 5.76. The van der Waals surface area contributed by atoms with Gasteiger partial charge in [0.1, 0.15) is 18.1 Å². The molecule has 0 saturated carbocycles. The summed E-state index contributed by atoms with van der Waals surface area (Å²) < 4.78 is 10.9. The maximum Gasteiger partial charge on any atom is 0.273 e. The Bertz CT molecular complexity index is 875. The van der Waals surface area contributed by atoms with Gasteiger partial charge in [0.05, 0.1) is 6.10 Å². The van der Waals surface area contributed by atoms with Crippen molar-refractivity contribution in [3.8, 4) is 17.1 Å². The molecule has 1 amide bonds. The molecule has 1 aromatic carbocycles. The van der Waals surface area contributed by atoms with Gasteiger partial charge in [-0.2, -0.15) is 0 Å². The minimum absolute atomic E-state index is 0.0950. The van der Waals surface area contributed by atoms with E-state index >= 15 is 0 Å². The molecule has 0 radical (unpaired) electrons. The fourth-order valence-corrected chi connectivity index (χ4v) is 2.90. The molecule has 1 aromatic heterocycles. The highest BCUT2D eigenvalue weighted by atomic mass is 16.5. The zero-order chi connectivity index (χ0) is 19.8. The molecule has 1 aliphatic rings. The topological polar surface area (TPSA) is 106 Å². The largest absolute Gasteiger partial charge is 0.490 e. The first-order valence-electron chi connectivity index (χ1n) is 9.34. The van der Waals surface area contributed by atoms with Crippen LogP contribution in [0.5, 0.6) is 5.75 Å². The van der Waals surface area contributed by atoms with Crippen molar-refractivity contribution < 1.29 is 14.3 Å². The molecule has 1 aliphatic heterocycles. The van der Waals surface area contributed by atoms with Gasteiger partial charge in [-0.1, -0.05) is 24.8 Å². The first kappa shape index (κ1) is 19.8. The second-order valence-corrected chi connectivity index (χ2v) is 6.52. The fourth-order valence-electron chi connectivity index (χ4n) is 2.90. The summed E-state index contributed by atoms with van der Waals surface area (Å²) in [5.41, 5.74) is 0.566. The van der Waals surface area contributed by atoms with E-state index in [-0.39, 0.29) is 36.1 Å². The van der Waals surface area contributed by atoms with Gasteiger partial charge in [0, 0.05) is 31.6 Å². The summed E-state index contributed by atoms with van der Waals surface area (Å²) in [7, 11) is 0. The number of H-pyrrole nitrogens is 1. The lowest BCUT2D eigenvalue weighted by atomic mass is 10.2. The molecule has 2 heterocycles. The lowest BCUT2D eigenvalue weighted by molar-refractivity contribution is -0.121. The third-order valence-electron chi connectivity index (χ3n) is 4.38. The summed E-state index contributed by atoms with van der Waals surface area (Å²) in [6, 6.07) is 7.18. The monoisotopic (exact) mass is 384 g/mol. The van der Waals surface area contributed by atoms with Crippen LogP contribution in [0.4, 0.5) is 0 Å². The van der Waals surface area contributed by atoms with Gasteiger partial charge in [-0.3, -0.25) is 9.59 Å². The Morgan fingerprint density at radius 1 is 1.43 bits per heavy atom. The van der Waals surface area contributed by atoms with Gasteiger partial charge >= 0.3 is 0 Å². The van der Waals surface area contributed by atoms with Gasteiger partial charge < -0.3 is 19.8 Å². The Kier molecular flexibility index (Phi) is 6.91. The Labute approximate surface area is 163 Å². The average molecular weight is 384 g/mol. The van der Waals surface area contributed by atoms with E-state index in [1.54, 1.807) is 24.3 Å². The number of nitrogens with one attached hydrogen (secondary N) is 2. The molecule has 0 bridgehead atoms. The molecule has 28 heavy (non-hydrogen) atoms. The number of aromatic nitrogens is 3. The lowest BCUT2D eigenvalue weighted by Crippen LogP contribution is -2.32. The van der Waals surface area contributed by atoms with Crippen LogP contribution in [-0.4, -0.2) is 47.0 Å². The van der Waals surface area contributed by atoms with Gasteiger partial charge in [-0.05, 0) is 25.0 Å². The summed E-state index contributed by atoms with van der Waals surface area (Å²) in [5, 5.41) is 10.9. The molecule has 2 N–H and O–H groups in total. The number of nitrogens with zero attached hydrogens (tertiary/aromatic N) is 2. The van der Waals surface area contributed by atoms with Crippen LogP contribution in [0, 0.1) is 0 Å². The number of benzene rings is 1. The number of rotatable bonds is 9. The number of hydrogen-bond donors (Lipinski definition) is 2. The SMILES string of the molecule is C=CCOc1cccc(-c2nnc(CCC(=O)NC[C@@H]3CCCO3)c(=O)[nH]2)c1. The number of hydrogen-bond acceptors (Lipinski definition) is 6. The molecule has 1 fully saturated rings. The first-order valence-corrected chi connectivity index (χ1v) is 9.34. The van der Waals surface area contributed by atoms with Crippen LogP contribution in [0.3, 0.4) is 0 Å². The number of aryl methyl sites for hydroxylation is 1. The zero-order valence-electron chi connectivity index (χ0n) is 15.6. The van der Waals surface area contributed by atoms with Crippen molar-refractivity contribution >= 4 is 5.91 Å². The van der Waals surface area contributed by atoms with Crippen molar-refractivity contribution in [1.82, 2.24) is 20.5 Å². The van der Waals surface area contributed by atoms with Crippen molar-refractivity contribution in [2.24, 2.45) is 0 Å². The summed E-state index contributed by atoms with van der Waals surface area (Å²) in [4.78, 5) is 27.0. The molecular formula is C20H24N4O4. The number of aromatic amines is 1. The molecule has 8 heteroatoms. The van der Waals surface area contributed by atoms with Crippen molar-refractivity contribution in [1.29, 1.82) is 0 Å². The minimum Gasteiger partial charge on any atom is -0.490 e. The van der Waals surface area contributed by atoms with Gasteiger partial charge in [0.25, 0.3) is 5.56 Å². The van der Waals surface area contributed by atoms with Crippen LogP contribution in [0.25, 0.3) is 11.4 Å². The third kappa shape index (κ3) is 5.50. The highest BCUT2D eigenvalue weighted by Crippen LogP contribution is 2.20. The second-order valence-electron chi connectivity index (χ2n) is 6.52. The Hall–Kier alpha value is -3.00. The van der Waals surface area contributed by atoms with E-state index in [1.165, 1.54) is 0 Å². The molecule has 3 rings (SSSR count). The number of carbonyl (C=O) groups is 1. The zero-order valence-corrected chi connectivity index (χ0v) is 15.6. The van der Waals surface area contributed by atoms with E-state index in [9.17, 15) is 9.59 Å². The molecule has 1 saturated heterocycles. The summed E-state index contributed by atoms with van der Waals surface area (Å²) in [6.45, 7) is 5.25. The van der Waals surface area contributed by atoms with E-state index < -0.39 is 0 Å². The molecule has 8 nitrogen and oxygen atoms in total. The summed E-state index contributed by atoms with van der Waals surface area (Å²) in [5.74, 6) is 0.862. The Morgan fingerprint density at radius 2 is 2.32 bits per heavy atom. The third-order valence-corrected chi connectivity index (χ3v) is 4.38. The maximum absolute atomic E-state index is 12.3. The van der Waals surface area contributed by atoms with Crippen molar-refractivity contribution in [2.75, 3.05) is 19.8 Å². The Morgan fingerprint density at radius 3 is 3.07 bits per heavy atom. The smallest absolute Gasteiger partial charge is 0.273 e. The van der Waals surface area contributed by atoms with E-state index in [2.05, 4.69) is 27.1 Å². The van der Waals surface area contributed by atoms with Crippen LogP contribution >= 0.6 is 0 Å². The molecule has 2 aromatic rings. The summed E-state index contributed by atoms with van der Waals surface area (Å²) in [6.07, 6.45) is 4.14. The number of carbonyl (C=O) groups excluding carboxylic acids is 1. The maximum atomic E-state index is 12.3. The van der Waals surface area contributed by atoms with Crippen LogP contribution in [0.1, 0.15) is 25.0 Å². The predicted octanol–water partition coefficient (Wildman–Crippen LogP) is 1.62. The van der Waals surface area contributed by atoms with Crippen molar-refractivity contribution in [3.63, 3.8) is 0 Å². The number of amides is 1. The van der Waals surface area contributed by atoms with Gasteiger partial charge in [0.15, 0.2) is 5.82 Å². The fraction of sp³-hybridized carbons (Fsp3) is 0.400. The molecule has 0 unspecified atom stereocenters. The molecule has 148 valence electrons. The van der Waals surface area contributed by atoms with Crippen LogP contribution < -0.4 is 15.6 Å². The van der Waals surface area contributed by atoms with E-state index in [4.69, 9.17) is 9.47 Å². The molecule has 0 spiro atoms. The minimum atomic E-state index is -0.352. The Balaban J connectivity index is 1.57. The molecule has 0 aliphatic carbocycles. The van der Waals surface area contributed by atoms with Crippen LogP contribution in [0.2, 0.25) is 0 Å². The van der Waals surface area contributed by atoms with Crippen LogP contribution in [-0.2, 0) is 16.0 Å². The van der Waals surface area contributed by atoms with Gasteiger partial charge in [-0.25, -0.2) is 0 Å². The van der Waals surface area contributed by atoms with Crippen LogP contribution in [0.15, 0.2) is 41.7 Å². The number of ether oxygens (including phenoxy) is 2. The summed E-state index contributed by atoms with van der Waals surface area (Å²) >= 11 is 0. The van der Waals surface area contributed by atoms with E-state index in [1.807, 2.05) is 6.07 Å². The quantitative estimate of drug-likeness (QED) is 0.637. The van der Waals surface area contributed by atoms with Crippen molar-refractivity contribution in [2.45, 2.75) is 31.8 Å². The van der Waals surface area contributed by atoms with E-state index in [0.717, 1.165) is 19.4 Å². The highest BCUT2D eigenvalue weighted by Gasteiger charge is 2.16.